The number of phenols is 1. The van der Waals surface area contributed by atoms with Gasteiger partial charge in [0, 0.05) is 6.07 Å². The summed E-state index contributed by atoms with van der Waals surface area (Å²) in [5.41, 5.74) is 8.85. The number of hydrogen-bond acceptors (Lipinski definition) is 7. The van der Waals surface area contributed by atoms with Crippen molar-refractivity contribution in [3.63, 3.8) is 0 Å². The van der Waals surface area contributed by atoms with Crippen LogP contribution < -0.4 is 16.4 Å². The number of aliphatic imine (C=N–C) groups is 1. The number of nitrogen functional groups attached to an aromatic ring is 1. The van der Waals surface area contributed by atoms with Crippen LogP contribution in [0.5, 0.6) is 5.75 Å². The molecule has 1 aromatic heterocycles. The molecule has 8 heteroatoms. The Kier molecular flexibility index (Phi) is 4.42. The van der Waals surface area contributed by atoms with Gasteiger partial charge in [0.2, 0.25) is 0 Å². The predicted octanol–water partition coefficient (Wildman–Crippen LogP) is 2.87. The maximum absolute atomic E-state index is 11.5. The number of fused-ring (bicyclic) bond motifs is 1. The van der Waals surface area contributed by atoms with Gasteiger partial charge in [-0.2, -0.15) is 0 Å². The van der Waals surface area contributed by atoms with Gasteiger partial charge < -0.3 is 20.9 Å². The van der Waals surface area contributed by atoms with Crippen molar-refractivity contribution in [2.75, 3.05) is 23.0 Å². The smallest absolute Gasteiger partial charge is 0.412 e. The number of aromatic hydroxyl groups is 1. The first-order chi connectivity index (χ1) is 12.0. The molecule has 1 atom stereocenters. The number of amides is 1. The lowest BCUT2D eigenvalue weighted by atomic mass is 10.0. The van der Waals surface area contributed by atoms with Crippen LogP contribution in [0.15, 0.2) is 35.3 Å². The highest BCUT2D eigenvalue weighted by molar-refractivity contribution is 6.10. The van der Waals surface area contributed by atoms with E-state index < -0.39 is 6.09 Å². The Labute approximate surface area is 144 Å². The second kappa shape index (κ2) is 6.68. The first-order valence-corrected chi connectivity index (χ1v) is 7.86. The average Bonchev–Trinajstić information content (AvgIpc) is 2.55. The van der Waals surface area contributed by atoms with Gasteiger partial charge in [-0.25, -0.2) is 14.8 Å². The molecule has 1 aromatic carbocycles. The minimum absolute atomic E-state index is 0.0886. The van der Waals surface area contributed by atoms with Crippen LogP contribution in [-0.4, -0.2) is 34.5 Å². The van der Waals surface area contributed by atoms with E-state index in [-0.39, 0.29) is 30.0 Å². The fraction of sp³-hybridized carbons (Fsp3) is 0.235. The molecule has 0 radical (unpaired) electrons. The Bertz CT molecular complexity index is 833. The fourth-order valence-electron chi connectivity index (χ4n) is 2.59. The number of carbonyl (C=O) groups is 1. The summed E-state index contributed by atoms with van der Waals surface area (Å²) in [7, 11) is 0. The van der Waals surface area contributed by atoms with Gasteiger partial charge in [-0.1, -0.05) is 0 Å². The van der Waals surface area contributed by atoms with Crippen LogP contribution in [0.3, 0.4) is 0 Å². The second-order valence-corrected chi connectivity index (χ2v) is 5.54. The Morgan fingerprint density at radius 1 is 1.40 bits per heavy atom. The van der Waals surface area contributed by atoms with E-state index in [4.69, 9.17) is 10.5 Å². The maximum atomic E-state index is 11.5. The number of anilines is 3. The summed E-state index contributed by atoms with van der Waals surface area (Å²) >= 11 is 0. The van der Waals surface area contributed by atoms with Crippen LogP contribution in [0.25, 0.3) is 0 Å². The zero-order valence-electron chi connectivity index (χ0n) is 13.9. The van der Waals surface area contributed by atoms with Crippen LogP contribution in [0.1, 0.15) is 19.4 Å². The number of ether oxygens (including phenoxy) is 1. The molecule has 0 unspecified atom stereocenters. The predicted molar refractivity (Wildman–Crippen MR) is 96.7 cm³/mol. The molecule has 1 aliphatic heterocycles. The Morgan fingerprint density at radius 2 is 2.12 bits per heavy atom. The van der Waals surface area contributed by atoms with E-state index in [1.807, 2.05) is 6.92 Å². The van der Waals surface area contributed by atoms with Crippen molar-refractivity contribution < 1.29 is 14.6 Å². The molecule has 0 spiro atoms. The molecule has 0 bridgehead atoms. The number of benzene rings is 1. The highest BCUT2D eigenvalue weighted by atomic mass is 16.5. The molecule has 1 aliphatic rings. The zero-order chi connectivity index (χ0) is 18.0. The van der Waals surface area contributed by atoms with E-state index in [0.29, 0.717) is 11.4 Å². The monoisotopic (exact) mass is 341 g/mol. The molecule has 2 aromatic rings. The lowest BCUT2D eigenvalue weighted by molar-refractivity contribution is 0.168. The number of carbonyl (C=O) groups excluding carboxylic acids is 1. The van der Waals surface area contributed by atoms with E-state index >= 15 is 0 Å². The molecule has 8 nitrogen and oxygen atoms in total. The highest BCUT2D eigenvalue weighted by Gasteiger charge is 2.23. The number of aromatic nitrogens is 1. The van der Waals surface area contributed by atoms with Crippen molar-refractivity contribution in [2.24, 2.45) is 4.99 Å². The van der Waals surface area contributed by atoms with E-state index in [9.17, 15) is 9.90 Å². The molecule has 130 valence electrons. The van der Waals surface area contributed by atoms with Gasteiger partial charge in [0.05, 0.1) is 24.0 Å². The number of nitrogens with one attached hydrogen (secondary N) is 2. The van der Waals surface area contributed by atoms with E-state index in [1.54, 1.807) is 37.3 Å². The van der Waals surface area contributed by atoms with Crippen molar-refractivity contribution in [2.45, 2.75) is 19.9 Å². The van der Waals surface area contributed by atoms with Gasteiger partial charge in [0.15, 0.2) is 5.82 Å². The highest BCUT2D eigenvalue weighted by Crippen LogP contribution is 2.37. The van der Waals surface area contributed by atoms with Crippen LogP contribution in [-0.2, 0) is 4.74 Å². The molecule has 0 fully saturated rings. The molecular weight excluding hydrogens is 322 g/mol. The maximum Gasteiger partial charge on any atom is 0.412 e. The molecule has 25 heavy (non-hydrogen) atoms. The summed E-state index contributed by atoms with van der Waals surface area (Å²) in [4.78, 5) is 20.3. The third-order valence-electron chi connectivity index (χ3n) is 3.70. The lowest BCUT2D eigenvalue weighted by Gasteiger charge is -2.25. The van der Waals surface area contributed by atoms with Gasteiger partial charge in [0.25, 0.3) is 0 Å². The molecule has 2 heterocycles. The third-order valence-corrected chi connectivity index (χ3v) is 3.70. The van der Waals surface area contributed by atoms with Crippen LogP contribution in [0.2, 0.25) is 0 Å². The Hall–Kier alpha value is -3.29. The quantitative estimate of drug-likeness (QED) is 0.681. The first-order valence-electron chi connectivity index (χ1n) is 7.86. The van der Waals surface area contributed by atoms with Crippen molar-refractivity contribution >= 4 is 34.8 Å². The van der Waals surface area contributed by atoms with Crippen LogP contribution >= 0.6 is 0 Å². The van der Waals surface area contributed by atoms with E-state index in [2.05, 4.69) is 20.6 Å². The minimum atomic E-state index is -0.591. The molecule has 3 rings (SSSR count). The number of nitrogens with two attached hydrogens (primary N) is 1. The van der Waals surface area contributed by atoms with Gasteiger partial charge >= 0.3 is 6.09 Å². The summed E-state index contributed by atoms with van der Waals surface area (Å²) in [6.07, 6.45) is -0.591. The van der Waals surface area contributed by atoms with Gasteiger partial charge in [0.1, 0.15) is 17.3 Å². The van der Waals surface area contributed by atoms with Gasteiger partial charge in [-0.15, -0.1) is 0 Å². The number of nitrogens with zero attached hydrogens (tertiary/aromatic N) is 2. The van der Waals surface area contributed by atoms with Gasteiger partial charge in [-0.3, -0.25) is 5.32 Å². The second-order valence-electron chi connectivity index (χ2n) is 5.54. The van der Waals surface area contributed by atoms with Crippen LogP contribution in [0, 0.1) is 0 Å². The van der Waals surface area contributed by atoms with Crippen molar-refractivity contribution in [1.82, 2.24) is 4.98 Å². The molecular formula is C17H19N5O3. The molecule has 0 saturated carbocycles. The SMILES string of the molecule is CCOC(=O)Nc1cc2c(c(N)n1)N=C(c1ccc(O)cc1)[C@@H](C)N2. The number of phenolic OH excluding ortho intramolecular Hbond substituents is 1. The molecule has 1 amide bonds. The van der Waals surface area contributed by atoms with Gasteiger partial charge in [-0.05, 0) is 43.7 Å². The van der Waals surface area contributed by atoms with E-state index in [0.717, 1.165) is 11.3 Å². The van der Waals surface area contributed by atoms with Crippen molar-refractivity contribution in [1.29, 1.82) is 0 Å². The molecule has 0 aliphatic carbocycles. The summed E-state index contributed by atoms with van der Waals surface area (Å²) in [5, 5.41) is 15.3. The summed E-state index contributed by atoms with van der Waals surface area (Å²) < 4.78 is 4.84. The fourth-order valence-corrected chi connectivity index (χ4v) is 2.59. The minimum Gasteiger partial charge on any atom is -0.508 e. The summed E-state index contributed by atoms with van der Waals surface area (Å²) in [6, 6.07) is 8.36. The summed E-state index contributed by atoms with van der Waals surface area (Å²) in [6.45, 7) is 3.95. The van der Waals surface area contributed by atoms with Crippen molar-refractivity contribution in [3.05, 3.63) is 35.9 Å². The summed E-state index contributed by atoms with van der Waals surface area (Å²) in [5.74, 6) is 0.676. The van der Waals surface area contributed by atoms with Crippen molar-refractivity contribution in [3.8, 4) is 5.75 Å². The molecule has 0 saturated heterocycles. The number of hydrogen-bond donors (Lipinski definition) is 4. The average molecular weight is 341 g/mol. The number of pyridine rings is 1. The third kappa shape index (κ3) is 3.47. The van der Waals surface area contributed by atoms with E-state index in [1.165, 1.54) is 0 Å². The normalized spacial score (nSPS) is 15.6. The largest absolute Gasteiger partial charge is 0.508 e. The number of rotatable bonds is 3. The first kappa shape index (κ1) is 16.6. The Balaban J connectivity index is 1.95. The standard InChI is InChI=1S/C17H19N5O3/c1-3-25-17(24)21-13-8-12-15(16(18)20-13)22-14(9(2)19-12)10-4-6-11(23)7-5-10/h4-9,19,23H,3H2,1-2H3,(H3,18,20,21,24)/t9-/m1/s1. The zero-order valence-corrected chi connectivity index (χ0v) is 13.9. The molecule has 5 N–H and O–H groups in total. The lowest BCUT2D eigenvalue weighted by Crippen LogP contribution is -2.30. The van der Waals surface area contributed by atoms with Crippen LogP contribution in [0.4, 0.5) is 27.8 Å². The Morgan fingerprint density at radius 3 is 2.80 bits per heavy atom. The topological polar surface area (TPSA) is 122 Å².